The Kier molecular flexibility index (Phi) is 4.84. The maximum Gasteiger partial charge on any atom is 0.115 e. The number of rotatable bonds is 5. The lowest BCUT2D eigenvalue weighted by Crippen LogP contribution is -1.96. The topological polar surface area (TPSA) is 20.2 Å². The van der Waals surface area contributed by atoms with E-state index >= 15 is 0 Å². The van der Waals surface area contributed by atoms with Gasteiger partial charge in [-0.2, -0.15) is 0 Å². The molecule has 1 nitrogen and oxygen atoms in total. The maximum absolute atomic E-state index is 9.32. The standard InChI is InChI=1S/C19H24O/c1-14(2)4-5-15(3)16-6-8-17(9-7-16)18-10-12-19(20)13-11-18/h6-15,20H,4-5H2,1-3H3. The van der Waals surface area contributed by atoms with Crippen LogP contribution in [0.4, 0.5) is 0 Å². The summed E-state index contributed by atoms with van der Waals surface area (Å²) in [6.07, 6.45) is 2.52. The molecule has 2 aromatic rings. The predicted octanol–water partition coefficient (Wildman–Crippen LogP) is 5.60. The smallest absolute Gasteiger partial charge is 0.115 e. The number of aromatic hydroxyl groups is 1. The van der Waals surface area contributed by atoms with Gasteiger partial charge in [0.2, 0.25) is 0 Å². The fourth-order valence-corrected chi connectivity index (χ4v) is 2.41. The molecule has 20 heavy (non-hydrogen) atoms. The predicted molar refractivity (Wildman–Crippen MR) is 86.0 cm³/mol. The molecule has 0 saturated carbocycles. The van der Waals surface area contributed by atoms with Crippen LogP contribution in [0.3, 0.4) is 0 Å². The first kappa shape index (κ1) is 14.6. The molecule has 0 aliphatic heterocycles. The average Bonchev–Trinajstić information content (AvgIpc) is 2.46. The Labute approximate surface area is 122 Å². The van der Waals surface area contributed by atoms with E-state index in [9.17, 15) is 5.11 Å². The summed E-state index contributed by atoms with van der Waals surface area (Å²) in [5, 5.41) is 9.32. The van der Waals surface area contributed by atoms with E-state index in [-0.39, 0.29) is 0 Å². The lowest BCUT2D eigenvalue weighted by atomic mass is 9.92. The second-order valence-corrected chi connectivity index (χ2v) is 6.04. The molecular formula is C19H24O. The monoisotopic (exact) mass is 268 g/mol. The van der Waals surface area contributed by atoms with Gasteiger partial charge in [-0.25, -0.2) is 0 Å². The zero-order valence-electron chi connectivity index (χ0n) is 12.6. The van der Waals surface area contributed by atoms with E-state index in [1.807, 2.05) is 12.1 Å². The molecule has 106 valence electrons. The van der Waals surface area contributed by atoms with E-state index < -0.39 is 0 Å². The van der Waals surface area contributed by atoms with Crippen molar-refractivity contribution in [3.8, 4) is 16.9 Å². The lowest BCUT2D eigenvalue weighted by molar-refractivity contribution is 0.475. The van der Waals surface area contributed by atoms with Crippen molar-refractivity contribution in [2.45, 2.75) is 39.5 Å². The molecule has 0 fully saturated rings. The molecule has 0 amide bonds. The van der Waals surface area contributed by atoms with Crippen molar-refractivity contribution < 1.29 is 5.11 Å². The van der Waals surface area contributed by atoms with Crippen molar-refractivity contribution in [2.75, 3.05) is 0 Å². The van der Waals surface area contributed by atoms with Crippen molar-refractivity contribution >= 4 is 0 Å². The number of phenolic OH excluding ortho intramolecular Hbond substituents is 1. The summed E-state index contributed by atoms with van der Waals surface area (Å²) in [5.41, 5.74) is 3.75. The first-order valence-electron chi connectivity index (χ1n) is 7.45. The Balaban J connectivity index is 2.07. The molecule has 0 aromatic heterocycles. The molecular weight excluding hydrogens is 244 g/mol. The zero-order valence-corrected chi connectivity index (χ0v) is 12.6. The normalized spacial score (nSPS) is 12.6. The van der Waals surface area contributed by atoms with Crippen molar-refractivity contribution in [1.29, 1.82) is 0 Å². The van der Waals surface area contributed by atoms with Crippen molar-refractivity contribution in [3.63, 3.8) is 0 Å². The number of phenols is 1. The zero-order chi connectivity index (χ0) is 14.5. The van der Waals surface area contributed by atoms with Crippen molar-refractivity contribution in [1.82, 2.24) is 0 Å². The Morgan fingerprint density at radius 3 is 1.75 bits per heavy atom. The minimum Gasteiger partial charge on any atom is -0.508 e. The van der Waals surface area contributed by atoms with Gasteiger partial charge in [0.15, 0.2) is 0 Å². The van der Waals surface area contributed by atoms with Gasteiger partial charge in [-0.3, -0.25) is 0 Å². The quantitative estimate of drug-likeness (QED) is 0.748. The van der Waals surface area contributed by atoms with E-state index in [1.54, 1.807) is 12.1 Å². The molecule has 0 heterocycles. The van der Waals surface area contributed by atoms with Crippen LogP contribution in [0.1, 0.15) is 45.1 Å². The van der Waals surface area contributed by atoms with Crippen LogP contribution in [0.25, 0.3) is 11.1 Å². The van der Waals surface area contributed by atoms with E-state index in [0.29, 0.717) is 11.7 Å². The third kappa shape index (κ3) is 3.86. The van der Waals surface area contributed by atoms with Gasteiger partial charge in [-0.05, 0) is 47.1 Å². The van der Waals surface area contributed by atoms with Crippen LogP contribution < -0.4 is 0 Å². The van der Waals surface area contributed by atoms with Gasteiger partial charge in [0.05, 0.1) is 0 Å². The molecule has 0 aliphatic carbocycles. The van der Waals surface area contributed by atoms with E-state index in [1.165, 1.54) is 24.0 Å². The van der Waals surface area contributed by atoms with Crippen LogP contribution in [0.15, 0.2) is 48.5 Å². The van der Waals surface area contributed by atoms with Crippen LogP contribution in [0.5, 0.6) is 5.75 Å². The summed E-state index contributed by atoms with van der Waals surface area (Å²) in [6.45, 7) is 6.86. The molecule has 1 atom stereocenters. The fraction of sp³-hybridized carbons (Fsp3) is 0.368. The van der Waals surface area contributed by atoms with Gasteiger partial charge in [0.1, 0.15) is 5.75 Å². The summed E-state index contributed by atoms with van der Waals surface area (Å²) in [7, 11) is 0. The Hall–Kier alpha value is -1.76. The SMILES string of the molecule is CC(C)CCC(C)c1ccc(-c2ccc(O)cc2)cc1. The minimum absolute atomic E-state index is 0.313. The van der Waals surface area contributed by atoms with Gasteiger partial charge in [0.25, 0.3) is 0 Å². The van der Waals surface area contributed by atoms with Gasteiger partial charge in [0, 0.05) is 0 Å². The molecule has 1 heteroatoms. The second-order valence-electron chi connectivity index (χ2n) is 6.04. The number of hydrogen-bond acceptors (Lipinski definition) is 1. The Bertz CT molecular complexity index is 523. The lowest BCUT2D eigenvalue weighted by Gasteiger charge is -2.14. The van der Waals surface area contributed by atoms with Crippen LogP contribution in [-0.2, 0) is 0 Å². The molecule has 0 saturated heterocycles. The number of benzene rings is 2. The highest BCUT2D eigenvalue weighted by molar-refractivity contribution is 5.64. The first-order chi connectivity index (χ1) is 9.56. The molecule has 0 spiro atoms. The number of hydrogen-bond donors (Lipinski definition) is 1. The van der Waals surface area contributed by atoms with Crippen LogP contribution in [0.2, 0.25) is 0 Å². The summed E-state index contributed by atoms with van der Waals surface area (Å²) >= 11 is 0. The second kappa shape index (κ2) is 6.60. The highest BCUT2D eigenvalue weighted by Crippen LogP contribution is 2.27. The third-order valence-electron chi connectivity index (χ3n) is 3.86. The average molecular weight is 268 g/mol. The van der Waals surface area contributed by atoms with Crippen molar-refractivity contribution in [2.24, 2.45) is 5.92 Å². The van der Waals surface area contributed by atoms with Gasteiger partial charge in [-0.15, -0.1) is 0 Å². The van der Waals surface area contributed by atoms with Crippen LogP contribution in [0, 0.1) is 5.92 Å². The molecule has 0 aliphatic rings. The molecule has 0 bridgehead atoms. The third-order valence-corrected chi connectivity index (χ3v) is 3.86. The fourth-order valence-electron chi connectivity index (χ4n) is 2.41. The first-order valence-corrected chi connectivity index (χ1v) is 7.45. The molecule has 1 N–H and O–H groups in total. The van der Waals surface area contributed by atoms with Gasteiger partial charge < -0.3 is 5.11 Å². The molecule has 0 radical (unpaired) electrons. The van der Waals surface area contributed by atoms with Gasteiger partial charge >= 0.3 is 0 Å². The highest BCUT2D eigenvalue weighted by atomic mass is 16.3. The van der Waals surface area contributed by atoms with E-state index in [0.717, 1.165) is 11.5 Å². The highest BCUT2D eigenvalue weighted by Gasteiger charge is 2.07. The van der Waals surface area contributed by atoms with Gasteiger partial charge in [-0.1, -0.05) is 63.6 Å². The largest absolute Gasteiger partial charge is 0.508 e. The summed E-state index contributed by atoms with van der Waals surface area (Å²) in [4.78, 5) is 0. The maximum atomic E-state index is 9.32. The summed E-state index contributed by atoms with van der Waals surface area (Å²) < 4.78 is 0. The Morgan fingerprint density at radius 1 is 0.750 bits per heavy atom. The van der Waals surface area contributed by atoms with E-state index in [4.69, 9.17) is 0 Å². The summed E-state index contributed by atoms with van der Waals surface area (Å²) in [5.74, 6) is 1.70. The molecule has 1 unspecified atom stereocenters. The van der Waals surface area contributed by atoms with E-state index in [2.05, 4.69) is 45.0 Å². The van der Waals surface area contributed by atoms with Crippen LogP contribution >= 0.6 is 0 Å². The molecule has 2 aromatic carbocycles. The molecule has 2 rings (SSSR count). The van der Waals surface area contributed by atoms with Crippen LogP contribution in [-0.4, -0.2) is 5.11 Å². The minimum atomic E-state index is 0.313. The summed E-state index contributed by atoms with van der Waals surface area (Å²) in [6, 6.07) is 16.2. The van der Waals surface area contributed by atoms with Crippen molar-refractivity contribution in [3.05, 3.63) is 54.1 Å². The Morgan fingerprint density at radius 2 is 1.25 bits per heavy atom.